The Balaban J connectivity index is 4.48. The molecule has 0 aromatic carbocycles. The lowest BCUT2D eigenvalue weighted by atomic mass is 10.0. The zero-order chi connectivity index (χ0) is 41.8. The van der Waals surface area contributed by atoms with Crippen LogP contribution in [0.4, 0.5) is 0 Å². The highest BCUT2D eigenvalue weighted by molar-refractivity contribution is 7.45. The Morgan fingerprint density at radius 3 is 1.70 bits per heavy atom. The van der Waals surface area contributed by atoms with Gasteiger partial charge in [0.1, 0.15) is 19.8 Å². The fraction of sp³-hybridized carbons (Fsp3) is 0.864. The SMILES string of the molecule is CCCCC/C=C\C[C@@H](O)[C@H](O)CCCCCCCC(=O)OC[C@H](COP(=O)([O-])OCC[N+](C)(C)C)OC(=O)CCCCCCC/C=C\CCCCCCCC. The lowest BCUT2D eigenvalue weighted by Crippen LogP contribution is -2.37. The number of carbonyl (C=O) groups excluding carboxylic acids is 2. The number of allylic oxidation sites excluding steroid dienone is 3. The maximum absolute atomic E-state index is 12.7. The maximum Gasteiger partial charge on any atom is 0.306 e. The van der Waals surface area contributed by atoms with E-state index >= 15 is 0 Å². The van der Waals surface area contributed by atoms with E-state index in [1.165, 1.54) is 51.4 Å². The Hall–Kier alpha value is -1.59. The zero-order valence-electron chi connectivity index (χ0n) is 36.3. The molecule has 0 rings (SSSR count). The van der Waals surface area contributed by atoms with E-state index in [1.807, 2.05) is 27.2 Å². The molecule has 12 heteroatoms. The van der Waals surface area contributed by atoms with Crippen molar-refractivity contribution in [3.8, 4) is 0 Å². The number of aliphatic hydroxyl groups is 2. The van der Waals surface area contributed by atoms with Gasteiger partial charge in [-0.2, -0.15) is 0 Å². The molecule has 0 saturated heterocycles. The molecule has 0 radical (unpaired) electrons. The van der Waals surface area contributed by atoms with E-state index in [0.717, 1.165) is 77.0 Å². The standard InChI is InChI=1S/C44H84NO10P/c1-6-8-10-12-14-15-16-17-18-19-20-21-22-26-31-35-44(49)55-40(39-54-56(50,51)53-37-36-45(3,4)5)38-52-43(48)34-30-27-23-25-29-33-42(47)41(46)32-28-24-13-11-9-7-2/h17-18,24,28,40-42,46-47H,6-16,19-23,25-27,29-39H2,1-5H3/b18-17-,28-24-/t40-,41-,42-/m1/s1. The number of quaternary nitrogens is 1. The highest BCUT2D eigenvalue weighted by Gasteiger charge is 2.22. The first kappa shape index (κ1) is 54.4. The summed E-state index contributed by atoms with van der Waals surface area (Å²) in [5.41, 5.74) is 0. The third-order valence-corrected chi connectivity index (χ3v) is 10.6. The number of esters is 2. The Labute approximate surface area is 342 Å². The van der Waals surface area contributed by atoms with Crippen LogP contribution in [0.5, 0.6) is 0 Å². The fourth-order valence-corrected chi connectivity index (χ4v) is 6.69. The van der Waals surface area contributed by atoms with E-state index in [1.54, 1.807) is 0 Å². The van der Waals surface area contributed by atoms with E-state index in [2.05, 4.69) is 32.1 Å². The molecule has 0 aromatic heterocycles. The van der Waals surface area contributed by atoms with Gasteiger partial charge in [0.15, 0.2) is 6.10 Å². The van der Waals surface area contributed by atoms with Crippen LogP contribution in [-0.2, 0) is 32.7 Å². The number of aliphatic hydroxyl groups excluding tert-OH is 2. The highest BCUT2D eigenvalue weighted by atomic mass is 31.2. The molecule has 330 valence electrons. The molecule has 0 spiro atoms. The van der Waals surface area contributed by atoms with Gasteiger partial charge in [0.05, 0.1) is 40.0 Å². The quantitative estimate of drug-likeness (QED) is 0.0201. The van der Waals surface area contributed by atoms with Crippen LogP contribution in [-0.4, -0.2) is 92.5 Å². The van der Waals surface area contributed by atoms with Crippen molar-refractivity contribution in [1.82, 2.24) is 0 Å². The normalized spacial score (nSPS) is 14.9. The number of rotatable bonds is 40. The molecule has 0 aliphatic heterocycles. The van der Waals surface area contributed by atoms with Gasteiger partial charge < -0.3 is 38.1 Å². The number of carbonyl (C=O) groups is 2. The van der Waals surface area contributed by atoms with Crippen LogP contribution in [0, 0.1) is 0 Å². The average molecular weight is 818 g/mol. The summed E-state index contributed by atoms with van der Waals surface area (Å²) in [5.74, 6) is -0.954. The van der Waals surface area contributed by atoms with Crippen molar-refractivity contribution in [2.75, 3.05) is 47.5 Å². The van der Waals surface area contributed by atoms with Crippen LogP contribution < -0.4 is 4.89 Å². The van der Waals surface area contributed by atoms with E-state index in [0.29, 0.717) is 36.7 Å². The van der Waals surface area contributed by atoms with E-state index in [-0.39, 0.29) is 26.1 Å². The number of phosphoric ester groups is 1. The number of phosphoric acid groups is 1. The Morgan fingerprint density at radius 1 is 0.625 bits per heavy atom. The monoisotopic (exact) mass is 818 g/mol. The van der Waals surface area contributed by atoms with Crippen molar-refractivity contribution in [1.29, 1.82) is 0 Å². The minimum absolute atomic E-state index is 0.0570. The van der Waals surface area contributed by atoms with Gasteiger partial charge in [-0.05, 0) is 64.2 Å². The summed E-state index contributed by atoms with van der Waals surface area (Å²) in [4.78, 5) is 37.5. The van der Waals surface area contributed by atoms with Crippen LogP contribution in [0.1, 0.15) is 181 Å². The number of ether oxygens (including phenoxy) is 2. The molecule has 0 aliphatic rings. The second-order valence-corrected chi connectivity index (χ2v) is 17.8. The Kier molecular flexibility index (Phi) is 35.5. The van der Waals surface area contributed by atoms with Crippen molar-refractivity contribution in [3.63, 3.8) is 0 Å². The number of unbranched alkanes of at least 4 members (excludes halogenated alkanes) is 18. The molecular weight excluding hydrogens is 733 g/mol. The first-order chi connectivity index (χ1) is 26.8. The minimum atomic E-state index is -4.66. The van der Waals surface area contributed by atoms with Gasteiger partial charge in [0, 0.05) is 12.8 Å². The van der Waals surface area contributed by atoms with Crippen LogP contribution in [0.15, 0.2) is 24.3 Å². The Bertz CT molecular complexity index is 1050. The van der Waals surface area contributed by atoms with Gasteiger partial charge in [-0.3, -0.25) is 14.2 Å². The Morgan fingerprint density at radius 2 is 1.11 bits per heavy atom. The molecule has 11 nitrogen and oxygen atoms in total. The molecular formula is C44H84NO10P. The molecule has 4 atom stereocenters. The van der Waals surface area contributed by atoms with Gasteiger partial charge in [-0.15, -0.1) is 0 Å². The molecule has 0 saturated carbocycles. The molecule has 0 fully saturated rings. The average Bonchev–Trinajstić information content (AvgIpc) is 3.14. The second kappa shape index (κ2) is 36.5. The molecule has 0 bridgehead atoms. The van der Waals surface area contributed by atoms with E-state index < -0.39 is 44.7 Å². The molecule has 0 aromatic rings. The second-order valence-electron chi connectivity index (χ2n) is 16.4. The summed E-state index contributed by atoms with van der Waals surface area (Å²) < 4.78 is 33.8. The van der Waals surface area contributed by atoms with Gasteiger partial charge in [0.25, 0.3) is 7.82 Å². The highest BCUT2D eigenvalue weighted by Crippen LogP contribution is 2.38. The van der Waals surface area contributed by atoms with Gasteiger partial charge in [0.2, 0.25) is 0 Å². The molecule has 0 heterocycles. The fourth-order valence-electron chi connectivity index (χ4n) is 5.97. The predicted molar refractivity (Wildman–Crippen MR) is 225 cm³/mol. The molecule has 1 unspecified atom stereocenters. The lowest BCUT2D eigenvalue weighted by Gasteiger charge is -2.28. The number of hydrogen-bond donors (Lipinski definition) is 2. The summed E-state index contributed by atoms with van der Waals surface area (Å²) in [7, 11) is 1.07. The van der Waals surface area contributed by atoms with Crippen molar-refractivity contribution in [3.05, 3.63) is 24.3 Å². The third kappa shape index (κ3) is 38.0. The lowest BCUT2D eigenvalue weighted by molar-refractivity contribution is -0.870. The molecule has 0 aliphatic carbocycles. The first-order valence-corrected chi connectivity index (χ1v) is 23.7. The number of hydrogen-bond acceptors (Lipinski definition) is 10. The van der Waals surface area contributed by atoms with Crippen LogP contribution >= 0.6 is 7.82 Å². The van der Waals surface area contributed by atoms with Crippen molar-refractivity contribution >= 4 is 19.8 Å². The molecule has 2 N–H and O–H groups in total. The summed E-state index contributed by atoms with van der Waals surface area (Å²) in [6, 6.07) is 0. The van der Waals surface area contributed by atoms with Crippen LogP contribution in [0.2, 0.25) is 0 Å². The molecule has 56 heavy (non-hydrogen) atoms. The summed E-state index contributed by atoms with van der Waals surface area (Å²) in [5, 5.41) is 20.4. The smallest absolute Gasteiger partial charge is 0.306 e. The van der Waals surface area contributed by atoms with Crippen molar-refractivity contribution in [2.45, 2.75) is 199 Å². The van der Waals surface area contributed by atoms with E-state index in [9.17, 15) is 29.3 Å². The number of nitrogens with zero attached hydrogens (tertiary/aromatic N) is 1. The van der Waals surface area contributed by atoms with E-state index in [4.69, 9.17) is 18.5 Å². The van der Waals surface area contributed by atoms with Gasteiger partial charge in [-0.25, -0.2) is 0 Å². The maximum atomic E-state index is 12.7. The number of likely N-dealkylation sites (N-methyl/N-ethyl adjacent to an activating group) is 1. The van der Waals surface area contributed by atoms with Crippen LogP contribution in [0.3, 0.4) is 0 Å². The van der Waals surface area contributed by atoms with Crippen LogP contribution in [0.25, 0.3) is 0 Å². The third-order valence-electron chi connectivity index (χ3n) is 9.64. The largest absolute Gasteiger partial charge is 0.756 e. The van der Waals surface area contributed by atoms with Crippen molar-refractivity contribution < 1.29 is 52.3 Å². The van der Waals surface area contributed by atoms with Crippen molar-refractivity contribution in [2.24, 2.45) is 0 Å². The first-order valence-electron chi connectivity index (χ1n) is 22.2. The zero-order valence-corrected chi connectivity index (χ0v) is 37.2. The van der Waals surface area contributed by atoms with Gasteiger partial charge >= 0.3 is 11.9 Å². The summed E-state index contributed by atoms with van der Waals surface area (Å²) in [6.07, 6.45) is 30.8. The molecule has 0 amide bonds. The van der Waals surface area contributed by atoms with Gasteiger partial charge in [-0.1, -0.05) is 128 Å². The predicted octanol–water partition coefficient (Wildman–Crippen LogP) is 9.67. The topological polar surface area (TPSA) is 152 Å². The summed E-state index contributed by atoms with van der Waals surface area (Å²) >= 11 is 0. The summed E-state index contributed by atoms with van der Waals surface area (Å²) in [6.45, 7) is 3.98. The minimum Gasteiger partial charge on any atom is -0.756 e.